The Labute approximate surface area is 207 Å². The summed E-state index contributed by atoms with van der Waals surface area (Å²) in [4.78, 5) is 12.4. The molecule has 1 aliphatic heterocycles. The molecular formula is C26H26Cl2F2N2O2. The van der Waals surface area contributed by atoms with Gasteiger partial charge in [0.15, 0.2) is 0 Å². The molecule has 0 amide bonds. The zero-order valence-electron chi connectivity index (χ0n) is 18.8. The van der Waals surface area contributed by atoms with Crippen LogP contribution in [0.1, 0.15) is 62.5 Å². The topological polar surface area (TPSA) is 73.1 Å². The number of hydrogen-bond donors (Lipinski definition) is 2. The first-order chi connectivity index (χ1) is 16.1. The van der Waals surface area contributed by atoms with Crippen molar-refractivity contribution >= 4 is 29.2 Å². The third-order valence-corrected chi connectivity index (χ3v) is 8.18. The number of nitrogens with one attached hydrogen (secondary N) is 1. The van der Waals surface area contributed by atoms with Crippen LogP contribution in [0.4, 0.5) is 8.78 Å². The van der Waals surface area contributed by atoms with E-state index in [9.17, 15) is 15.2 Å². The number of halogens is 4. The van der Waals surface area contributed by atoms with E-state index in [0.717, 1.165) is 38.2 Å². The highest BCUT2D eigenvalue weighted by Gasteiger charge is 2.61. The summed E-state index contributed by atoms with van der Waals surface area (Å²) in [5.74, 6) is -4.00. The van der Waals surface area contributed by atoms with Gasteiger partial charge in [0, 0.05) is 22.5 Å². The summed E-state index contributed by atoms with van der Waals surface area (Å²) >= 11 is 12.0. The number of carboxylic acid groups (broad SMARTS) is 1. The molecule has 1 saturated heterocycles. The predicted octanol–water partition coefficient (Wildman–Crippen LogP) is 6.60. The average molecular weight is 507 g/mol. The quantitative estimate of drug-likeness (QED) is 0.478. The Bertz CT molecular complexity index is 1150. The van der Waals surface area contributed by atoms with Crippen molar-refractivity contribution in [2.24, 2.45) is 5.41 Å². The number of carbonyl (C=O) groups is 1. The lowest BCUT2D eigenvalue weighted by Gasteiger charge is -2.41. The molecule has 2 aromatic carbocycles. The van der Waals surface area contributed by atoms with E-state index in [1.165, 1.54) is 30.3 Å². The molecule has 2 aromatic rings. The number of rotatable bonds is 5. The molecule has 180 valence electrons. The van der Waals surface area contributed by atoms with Crippen LogP contribution in [0, 0.1) is 28.4 Å². The molecule has 4 atom stereocenters. The molecular weight excluding hydrogens is 481 g/mol. The van der Waals surface area contributed by atoms with E-state index in [-0.39, 0.29) is 26.6 Å². The zero-order valence-corrected chi connectivity index (χ0v) is 20.3. The van der Waals surface area contributed by atoms with Crippen LogP contribution in [-0.4, -0.2) is 23.2 Å². The minimum absolute atomic E-state index is 0.00411. The Morgan fingerprint density at radius 3 is 2.53 bits per heavy atom. The normalized spacial score (nSPS) is 28.4. The van der Waals surface area contributed by atoms with Crippen molar-refractivity contribution in [1.82, 2.24) is 5.32 Å². The number of carboxylic acids is 1. The van der Waals surface area contributed by atoms with Crippen LogP contribution < -0.4 is 5.32 Å². The van der Waals surface area contributed by atoms with E-state index in [4.69, 9.17) is 23.2 Å². The van der Waals surface area contributed by atoms with Gasteiger partial charge in [-0.15, -0.1) is 0 Å². The van der Waals surface area contributed by atoms with Crippen molar-refractivity contribution in [2.45, 2.75) is 68.9 Å². The minimum Gasteiger partial charge on any atom is -0.480 e. The minimum atomic E-state index is -1.70. The van der Waals surface area contributed by atoms with Crippen molar-refractivity contribution in [3.8, 4) is 6.07 Å². The fourth-order valence-electron chi connectivity index (χ4n) is 6.03. The summed E-state index contributed by atoms with van der Waals surface area (Å²) in [6, 6.07) is 8.50. The number of hydrogen-bond acceptors (Lipinski definition) is 3. The van der Waals surface area contributed by atoms with Gasteiger partial charge in [0.1, 0.15) is 23.1 Å². The van der Waals surface area contributed by atoms with E-state index in [0.29, 0.717) is 6.42 Å². The monoisotopic (exact) mass is 506 g/mol. The highest BCUT2D eigenvalue weighted by atomic mass is 35.5. The molecule has 4 nitrogen and oxygen atoms in total. The summed E-state index contributed by atoms with van der Waals surface area (Å²) in [5, 5.41) is 23.9. The molecule has 0 spiro atoms. The molecule has 1 heterocycles. The Kier molecular flexibility index (Phi) is 6.92. The summed E-state index contributed by atoms with van der Waals surface area (Å²) in [7, 11) is 0. The molecule has 34 heavy (non-hydrogen) atoms. The Morgan fingerprint density at radius 2 is 1.91 bits per heavy atom. The Morgan fingerprint density at radius 1 is 1.21 bits per heavy atom. The lowest BCUT2D eigenvalue weighted by Crippen LogP contribution is -2.46. The Balaban J connectivity index is 1.97. The molecule has 1 aliphatic carbocycles. The highest BCUT2D eigenvalue weighted by molar-refractivity contribution is 6.31. The lowest BCUT2D eigenvalue weighted by molar-refractivity contribution is -0.139. The summed E-state index contributed by atoms with van der Waals surface area (Å²) < 4.78 is 30.8. The second-order valence-electron chi connectivity index (χ2n) is 9.84. The van der Waals surface area contributed by atoms with Crippen LogP contribution in [0.3, 0.4) is 0 Å². The van der Waals surface area contributed by atoms with E-state index < -0.39 is 41.0 Å². The molecule has 0 bridgehead atoms. The van der Waals surface area contributed by atoms with Crippen molar-refractivity contribution < 1.29 is 18.7 Å². The van der Waals surface area contributed by atoms with Crippen LogP contribution in [0.2, 0.25) is 10.0 Å². The van der Waals surface area contributed by atoms with Crippen LogP contribution >= 0.6 is 23.2 Å². The summed E-state index contributed by atoms with van der Waals surface area (Å²) in [5.41, 5.74) is -1.89. The second-order valence-corrected chi connectivity index (χ2v) is 10.7. The Hall–Kier alpha value is -2.20. The first-order valence-corrected chi connectivity index (χ1v) is 12.2. The maximum atomic E-state index is 15.4. The molecule has 1 saturated carbocycles. The SMILES string of the molecule is CC1(C[C@@H]2N[C@H](C(=O)O)[C@H](c3cccc(Cl)c3F)[C@]2(C#N)c2ccc(Cl)cc2F)CCCCC1. The number of aliphatic carboxylic acids is 1. The van der Waals surface area contributed by atoms with E-state index >= 15 is 8.78 Å². The van der Waals surface area contributed by atoms with Gasteiger partial charge in [0.05, 0.1) is 11.1 Å². The fraction of sp³-hybridized carbons (Fsp3) is 0.462. The van der Waals surface area contributed by atoms with E-state index in [1.807, 2.05) is 0 Å². The maximum Gasteiger partial charge on any atom is 0.321 e. The van der Waals surface area contributed by atoms with Gasteiger partial charge in [-0.3, -0.25) is 10.1 Å². The van der Waals surface area contributed by atoms with Crippen LogP contribution in [0.15, 0.2) is 36.4 Å². The highest BCUT2D eigenvalue weighted by Crippen LogP contribution is 2.54. The molecule has 0 aromatic heterocycles. The van der Waals surface area contributed by atoms with Gasteiger partial charge in [0.25, 0.3) is 0 Å². The van der Waals surface area contributed by atoms with Crippen molar-refractivity contribution in [3.63, 3.8) is 0 Å². The lowest BCUT2D eigenvalue weighted by atomic mass is 9.61. The second kappa shape index (κ2) is 9.45. The largest absolute Gasteiger partial charge is 0.480 e. The molecule has 2 fully saturated rings. The molecule has 2 N–H and O–H groups in total. The molecule has 0 unspecified atom stereocenters. The summed E-state index contributed by atoms with van der Waals surface area (Å²) in [6.07, 6.45) is 5.48. The standard InChI is InChI=1S/C26H26Cl2F2N2O2/c1-25(10-3-2-4-11-25)13-20-26(14-31,17-9-8-15(27)12-19(17)29)21(23(32-20)24(33)34)16-6-5-7-18(28)22(16)30/h5-9,12,20-21,23,32H,2-4,10-11,13H2,1H3,(H,33,34)/t20-,21-,23-,26+/m0/s1. The van der Waals surface area contributed by atoms with Gasteiger partial charge < -0.3 is 5.11 Å². The van der Waals surface area contributed by atoms with Crippen LogP contribution in [-0.2, 0) is 10.2 Å². The number of benzene rings is 2. The first-order valence-electron chi connectivity index (χ1n) is 11.4. The molecule has 8 heteroatoms. The van der Waals surface area contributed by atoms with Gasteiger partial charge >= 0.3 is 5.97 Å². The molecule has 2 aliphatic rings. The van der Waals surface area contributed by atoms with Crippen molar-refractivity contribution in [3.05, 3.63) is 69.2 Å². The van der Waals surface area contributed by atoms with Crippen LogP contribution in [0.5, 0.6) is 0 Å². The third-order valence-electron chi connectivity index (χ3n) is 7.66. The number of nitriles is 1. The first kappa shape index (κ1) is 24.9. The molecule has 0 radical (unpaired) electrons. The van der Waals surface area contributed by atoms with Gasteiger partial charge in [-0.05, 0) is 48.4 Å². The van der Waals surface area contributed by atoms with Gasteiger partial charge in [-0.25, -0.2) is 8.78 Å². The van der Waals surface area contributed by atoms with E-state index in [2.05, 4.69) is 18.3 Å². The summed E-state index contributed by atoms with van der Waals surface area (Å²) in [6.45, 7) is 2.12. The van der Waals surface area contributed by atoms with Gasteiger partial charge in [-0.1, -0.05) is 67.6 Å². The average Bonchev–Trinajstić information content (AvgIpc) is 3.10. The van der Waals surface area contributed by atoms with Crippen LogP contribution in [0.25, 0.3) is 0 Å². The van der Waals surface area contributed by atoms with Gasteiger partial charge in [0.2, 0.25) is 0 Å². The third kappa shape index (κ3) is 4.19. The maximum absolute atomic E-state index is 15.4. The van der Waals surface area contributed by atoms with Gasteiger partial charge in [-0.2, -0.15) is 5.26 Å². The molecule has 4 rings (SSSR count). The predicted molar refractivity (Wildman–Crippen MR) is 127 cm³/mol. The smallest absolute Gasteiger partial charge is 0.321 e. The van der Waals surface area contributed by atoms with Crippen molar-refractivity contribution in [2.75, 3.05) is 0 Å². The zero-order chi connectivity index (χ0) is 24.7. The van der Waals surface area contributed by atoms with E-state index in [1.54, 1.807) is 0 Å². The number of nitrogens with zero attached hydrogens (tertiary/aromatic N) is 1. The fourth-order valence-corrected chi connectivity index (χ4v) is 6.37. The van der Waals surface area contributed by atoms with Crippen molar-refractivity contribution in [1.29, 1.82) is 5.26 Å².